The number of benzene rings is 1. The Morgan fingerprint density at radius 3 is 2.85 bits per heavy atom. The number of rotatable bonds is 3. The van der Waals surface area contributed by atoms with Crippen LogP contribution in [0.5, 0.6) is 5.88 Å². The van der Waals surface area contributed by atoms with Crippen molar-refractivity contribution in [1.82, 2.24) is 9.97 Å². The number of fused-ring (bicyclic) bond motifs is 1. The van der Waals surface area contributed by atoms with Crippen molar-refractivity contribution < 1.29 is 14.3 Å². The van der Waals surface area contributed by atoms with Gasteiger partial charge in [0.1, 0.15) is 17.7 Å². The van der Waals surface area contributed by atoms with Crippen molar-refractivity contribution in [3.8, 4) is 5.88 Å². The van der Waals surface area contributed by atoms with Crippen molar-refractivity contribution >= 4 is 11.0 Å². The second-order valence-electron chi connectivity index (χ2n) is 4.58. The lowest BCUT2D eigenvalue weighted by Gasteiger charge is -2.07. The first-order valence-electron chi connectivity index (χ1n) is 6.21. The molecular weight excluding hydrogens is 256 g/mol. The van der Waals surface area contributed by atoms with Gasteiger partial charge in [0.25, 0.3) is 0 Å². The SMILES string of the molecule is COc1cc(C(O)c2cc3cc(C)ccc3o2)ncn1. The minimum absolute atomic E-state index is 0.404. The van der Waals surface area contributed by atoms with Crippen LogP contribution in [0.4, 0.5) is 0 Å². The molecule has 0 fully saturated rings. The third-order valence-electron chi connectivity index (χ3n) is 3.11. The van der Waals surface area contributed by atoms with Crippen molar-refractivity contribution in [2.45, 2.75) is 13.0 Å². The second kappa shape index (κ2) is 4.94. The lowest BCUT2D eigenvalue weighted by atomic mass is 10.1. The average Bonchev–Trinajstić information content (AvgIpc) is 2.89. The highest BCUT2D eigenvalue weighted by Gasteiger charge is 2.18. The zero-order valence-electron chi connectivity index (χ0n) is 11.2. The third-order valence-corrected chi connectivity index (χ3v) is 3.11. The lowest BCUT2D eigenvalue weighted by molar-refractivity contribution is 0.187. The van der Waals surface area contributed by atoms with Crippen LogP contribution in [0.3, 0.4) is 0 Å². The van der Waals surface area contributed by atoms with Gasteiger partial charge in [0, 0.05) is 11.5 Å². The van der Waals surface area contributed by atoms with Gasteiger partial charge < -0.3 is 14.3 Å². The summed E-state index contributed by atoms with van der Waals surface area (Å²) in [6.45, 7) is 2.01. The average molecular weight is 270 g/mol. The molecular formula is C15H14N2O3. The summed E-state index contributed by atoms with van der Waals surface area (Å²) in [6.07, 6.45) is 0.407. The first-order valence-corrected chi connectivity index (χ1v) is 6.21. The van der Waals surface area contributed by atoms with E-state index in [1.807, 2.05) is 31.2 Å². The fourth-order valence-electron chi connectivity index (χ4n) is 2.08. The van der Waals surface area contributed by atoms with E-state index in [0.29, 0.717) is 17.3 Å². The largest absolute Gasteiger partial charge is 0.481 e. The standard InChI is InChI=1S/C15H14N2O3/c1-9-3-4-12-10(5-9)6-13(20-12)15(18)11-7-14(19-2)17-8-16-11/h3-8,15,18H,1-2H3. The van der Waals surface area contributed by atoms with Crippen molar-refractivity contribution in [3.63, 3.8) is 0 Å². The molecule has 2 aromatic heterocycles. The van der Waals surface area contributed by atoms with Crippen LogP contribution in [0.1, 0.15) is 23.1 Å². The van der Waals surface area contributed by atoms with E-state index in [4.69, 9.17) is 9.15 Å². The molecule has 0 bridgehead atoms. The molecule has 20 heavy (non-hydrogen) atoms. The molecule has 5 nitrogen and oxygen atoms in total. The van der Waals surface area contributed by atoms with Crippen molar-refractivity contribution in [1.29, 1.82) is 0 Å². The Labute approximate surface area is 115 Å². The van der Waals surface area contributed by atoms with Crippen LogP contribution in [-0.4, -0.2) is 22.2 Å². The summed E-state index contributed by atoms with van der Waals surface area (Å²) in [5.41, 5.74) is 2.32. The monoisotopic (exact) mass is 270 g/mol. The number of aromatic nitrogens is 2. The first kappa shape index (κ1) is 12.6. The van der Waals surface area contributed by atoms with E-state index < -0.39 is 6.10 Å². The number of methoxy groups -OCH3 is 1. The second-order valence-corrected chi connectivity index (χ2v) is 4.58. The van der Waals surface area contributed by atoms with Gasteiger partial charge >= 0.3 is 0 Å². The van der Waals surface area contributed by atoms with E-state index in [-0.39, 0.29) is 0 Å². The highest BCUT2D eigenvalue weighted by Crippen LogP contribution is 2.28. The Morgan fingerprint density at radius 1 is 1.20 bits per heavy atom. The Morgan fingerprint density at radius 2 is 2.05 bits per heavy atom. The maximum Gasteiger partial charge on any atom is 0.216 e. The number of aliphatic hydroxyl groups is 1. The normalized spacial score (nSPS) is 12.6. The van der Waals surface area contributed by atoms with Gasteiger partial charge in [-0.15, -0.1) is 0 Å². The first-order chi connectivity index (χ1) is 9.67. The molecule has 0 spiro atoms. The van der Waals surface area contributed by atoms with Gasteiger partial charge in [0.15, 0.2) is 6.10 Å². The minimum Gasteiger partial charge on any atom is -0.481 e. The van der Waals surface area contributed by atoms with Crippen LogP contribution >= 0.6 is 0 Å². The maximum absolute atomic E-state index is 10.3. The fraction of sp³-hybridized carbons (Fsp3) is 0.200. The van der Waals surface area contributed by atoms with Crippen LogP contribution < -0.4 is 4.74 Å². The predicted octanol–water partition coefficient (Wildman–Crippen LogP) is 2.62. The zero-order chi connectivity index (χ0) is 14.1. The summed E-state index contributed by atoms with van der Waals surface area (Å²) in [5, 5.41) is 11.3. The number of aryl methyl sites for hydroxylation is 1. The number of furan rings is 1. The van der Waals surface area contributed by atoms with Gasteiger partial charge in [-0.2, -0.15) is 0 Å². The quantitative estimate of drug-likeness (QED) is 0.792. The Kier molecular flexibility index (Phi) is 3.12. The van der Waals surface area contributed by atoms with Crippen LogP contribution in [0, 0.1) is 6.92 Å². The van der Waals surface area contributed by atoms with E-state index in [2.05, 4.69) is 9.97 Å². The van der Waals surface area contributed by atoms with E-state index in [0.717, 1.165) is 16.5 Å². The molecule has 3 aromatic rings. The van der Waals surface area contributed by atoms with Gasteiger partial charge in [-0.25, -0.2) is 9.97 Å². The number of hydrogen-bond acceptors (Lipinski definition) is 5. The van der Waals surface area contributed by atoms with Crippen LogP contribution in [0.15, 0.2) is 41.1 Å². The van der Waals surface area contributed by atoms with Crippen molar-refractivity contribution in [2.75, 3.05) is 7.11 Å². The molecule has 0 aliphatic carbocycles. The minimum atomic E-state index is -0.945. The van der Waals surface area contributed by atoms with E-state index >= 15 is 0 Å². The molecule has 1 aromatic carbocycles. The van der Waals surface area contributed by atoms with E-state index in [9.17, 15) is 5.11 Å². The molecule has 0 aliphatic rings. The molecule has 0 aliphatic heterocycles. The summed E-state index contributed by atoms with van der Waals surface area (Å²) in [6, 6.07) is 9.28. The predicted molar refractivity (Wildman–Crippen MR) is 73.6 cm³/mol. The number of nitrogens with zero attached hydrogens (tertiary/aromatic N) is 2. The molecule has 3 rings (SSSR count). The Balaban J connectivity index is 2.00. The molecule has 1 N–H and O–H groups in total. The molecule has 0 amide bonds. The number of ether oxygens (including phenoxy) is 1. The fourth-order valence-corrected chi connectivity index (χ4v) is 2.08. The molecule has 0 saturated carbocycles. The van der Waals surface area contributed by atoms with Gasteiger partial charge in [-0.3, -0.25) is 0 Å². The van der Waals surface area contributed by atoms with E-state index in [1.165, 1.54) is 13.4 Å². The molecule has 102 valence electrons. The zero-order valence-corrected chi connectivity index (χ0v) is 11.2. The van der Waals surface area contributed by atoms with Crippen LogP contribution in [0.2, 0.25) is 0 Å². The Bertz CT molecular complexity index is 752. The van der Waals surface area contributed by atoms with Crippen LogP contribution in [-0.2, 0) is 0 Å². The summed E-state index contributed by atoms with van der Waals surface area (Å²) < 4.78 is 10.7. The molecule has 0 saturated heterocycles. The van der Waals surface area contributed by atoms with Gasteiger partial charge in [-0.05, 0) is 25.1 Å². The molecule has 5 heteroatoms. The smallest absolute Gasteiger partial charge is 0.216 e. The van der Waals surface area contributed by atoms with Gasteiger partial charge in [0.2, 0.25) is 5.88 Å². The topological polar surface area (TPSA) is 68.4 Å². The highest BCUT2D eigenvalue weighted by molar-refractivity contribution is 5.78. The molecule has 1 unspecified atom stereocenters. The third kappa shape index (κ3) is 2.23. The highest BCUT2D eigenvalue weighted by atomic mass is 16.5. The van der Waals surface area contributed by atoms with E-state index in [1.54, 1.807) is 6.07 Å². The van der Waals surface area contributed by atoms with Crippen molar-refractivity contribution in [3.05, 3.63) is 53.7 Å². The van der Waals surface area contributed by atoms with Gasteiger partial charge in [-0.1, -0.05) is 11.6 Å². The van der Waals surface area contributed by atoms with Crippen LogP contribution in [0.25, 0.3) is 11.0 Å². The number of hydrogen-bond donors (Lipinski definition) is 1. The van der Waals surface area contributed by atoms with Gasteiger partial charge in [0.05, 0.1) is 12.8 Å². The molecule has 0 radical (unpaired) electrons. The number of aliphatic hydroxyl groups excluding tert-OH is 1. The van der Waals surface area contributed by atoms with Crippen molar-refractivity contribution in [2.24, 2.45) is 0 Å². The summed E-state index contributed by atoms with van der Waals surface area (Å²) in [5.74, 6) is 0.854. The Hall–Kier alpha value is -2.40. The summed E-state index contributed by atoms with van der Waals surface area (Å²) >= 11 is 0. The molecule has 2 heterocycles. The lowest BCUT2D eigenvalue weighted by Crippen LogP contribution is -2.02. The summed E-state index contributed by atoms with van der Waals surface area (Å²) in [4.78, 5) is 7.96. The summed E-state index contributed by atoms with van der Waals surface area (Å²) in [7, 11) is 1.52. The molecule has 1 atom stereocenters. The maximum atomic E-state index is 10.3.